The minimum absolute atomic E-state index is 0.00587. The number of benzene rings is 2. The van der Waals surface area contributed by atoms with Crippen molar-refractivity contribution >= 4 is 21.4 Å². The zero-order valence-corrected chi connectivity index (χ0v) is 15.9. The zero-order valence-electron chi connectivity index (χ0n) is 15.0. The normalized spacial score (nSPS) is 11.8. The molecule has 2 aromatic carbocycles. The third-order valence-electron chi connectivity index (χ3n) is 3.91. The van der Waals surface area contributed by atoms with E-state index in [-0.39, 0.29) is 22.5 Å². The van der Waals surface area contributed by atoms with Crippen LogP contribution < -0.4 is 4.31 Å². The first-order valence-corrected chi connectivity index (χ1v) is 9.50. The highest BCUT2D eigenvalue weighted by Crippen LogP contribution is 2.34. The SMILES string of the molecule is C=CCN(c1ccccc1C(C)(C)C)S(=O)(=O)c1ccc([N+](=O)[O-])cc1. The van der Waals surface area contributed by atoms with Crippen molar-refractivity contribution in [3.05, 3.63) is 76.9 Å². The van der Waals surface area contributed by atoms with Crippen LogP contribution >= 0.6 is 0 Å². The Balaban J connectivity index is 2.60. The molecule has 0 aliphatic rings. The lowest BCUT2D eigenvalue weighted by atomic mass is 9.86. The van der Waals surface area contributed by atoms with Gasteiger partial charge in [0.15, 0.2) is 0 Å². The molecule has 0 saturated heterocycles. The molecule has 0 aromatic heterocycles. The number of hydrogen-bond acceptors (Lipinski definition) is 4. The molecule has 0 N–H and O–H groups in total. The number of nitro benzene ring substituents is 1. The van der Waals surface area contributed by atoms with Gasteiger partial charge < -0.3 is 0 Å². The van der Waals surface area contributed by atoms with E-state index in [2.05, 4.69) is 6.58 Å². The molecule has 0 unspecified atom stereocenters. The van der Waals surface area contributed by atoms with Crippen molar-refractivity contribution in [3.8, 4) is 0 Å². The van der Waals surface area contributed by atoms with Crippen LogP contribution in [-0.4, -0.2) is 19.9 Å². The molecule has 26 heavy (non-hydrogen) atoms. The summed E-state index contributed by atoms with van der Waals surface area (Å²) in [4.78, 5) is 10.2. The quantitative estimate of drug-likeness (QED) is 0.429. The van der Waals surface area contributed by atoms with E-state index in [4.69, 9.17) is 0 Å². The Morgan fingerprint density at radius 3 is 2.19 bits per heavy atom. The van der Waals surface area contributed by atoms with E-state index in [1.165, 1.54) is 34.6 Å². The van der Waals surface area contributed by atoms with Gasteiger partial charge in [0.25, 0.3) is 15.7 Å². The third-order valence-corrected chi connectivity index (χ3v) is 5.71. The molecular formula is C19H22N2O4S. The van der Waals surface area contributed by atoms with E-state index < -0.39 is 14.9 Å². The average Bonchev–Trinajstić information content (AvgIpc) is 2.59. The largest absolute Gasteiger partial charge is 0.269 e. The summed E-state index contributed by atoms with van der Waals surface area (Å²) < 4.78 is 27.7. The van der Waals surface area contributed by atoms with Crippen LogP contribution in [0.1, 0.15) is 26.3 Å². The van der Waals surface area contributed by atoms with Crippen LogP contribution in [0, 0.1) is 10.1 Å². The van der Waals surface area contributed by atoms with Gasteiger partial charge >= 0.3 is 0 Å². The first kappa shape index (κ1) is 19.7. The average molecular weight is 374 g/mol. The van der Waals surface area contributed by atoms with E-state index >= 15 is 0 Å². The lowest BCUT2D eigenvalue weighted by Crippen LogP contribution is -2.33. The monoisotopic (exact) mass is 374 g/mol. The molecule has 0 heterocycles. The molecule has 0 aliphatic carbocycles. The number of para-hydroxylation sites is 1. The molecule has 7 heteroatoms. The number of nitrogens with zero attached hydrogens (tertiary/aromatic N) is 2. The Kier molecular flexibility index (Phi) is 5.51. The molecule has 6 nitrogen and oxygen atoms in total. The lowest BCUT2D eigenvalue weighted by Gasteiger charge is -2.30. The molecular weight excluding hydrogens is 352 g/mol. The third kappa shape index (κ3) is 3.94. The lowest BCUT2D eigenvalue weighted by molar-refractivity contribution is -0.384. The van der Waals surface area contributed by atoms with Crippen molar-refractivity contribution in [3.63, 3.8) is 0 Å². The molecule has 0 amide bonds. The van der Waals surface area contributed by atoms with E-state index in [0.29, 0.717) is 5.69 Å². The summed E-state index contributed by atoms with van der Waals surface area (Å²) in [5, 5.41) is 10.8. The summed E-state index contributed by atoms with van der Waals surface area (Å²) in [6, 6.07) is 12.2. The fourth-order valence-corrected chi connectivity index (χ4v) is 4.09. The van der Waals surface area contributed by atoms with Crippen molar-refractivity contribution in [1.82, 2.24) is 0 Å². The van der Waals surface area contributed by atoms with Crippen LogP contribution in [0.4, 0.5) is 11.4 Å². The zero-order chi connectivity index (χ0) is 19.5. The Bertz CT molecular complexity index is 913. The van der Waals surface area contributed by atoms with Crippen molar-refractivity contribution in [2.45, 2.75) is 31.1 Å². The minimum atomic E-state index is -3.90. The van der Waals surface area contributed by atoms with Gasteiger partial charge in [-0.05, 0) is 29.2 Å². The van der Waals surface area contributed by atoms with Crippen LogP contribution in [-0.2, 0) is 15.4 Å². The molecule has 0 spiro atoms. The highest BCUT2D eigenvalue weighted by molar-refractivity contribution is 7.92. The smallest absolute Gasteiger partial charge is 0.262 e. The van der Waals surface area contributed by atoms with E-state index in [0.717, 1.165) is 5.56 Å². The molecule has 0 atom stereocenters. The summed E-state index contributed by atoms with van der Waals surface area (Å²) in [6.45, 7) is 9.79. The predicted octanol–water partition coefficient (Wildman–Crippen LogP) is 4.27. The van der Waals surface area contributed by atoms with Gasteiger partial charge in [0, 0.05) is 12.1 Å². The second-order valence-electron chi connectivity index (χ2n) is 6.84. The topological polar surface area (TPSA) is 80.5 Å². The summed E-state index contributed by atoms with van der Waals surface area (Å²) in [5.74, 6) is 0. The molecule has 2 aromatic rings. The molecule has 0 saturated carbocycles. The standard InChI is InChI=1S/C19H22N2O4S/c1-5-14-20(18-9-7-6-8-17(18)19(2,3)4)26(24,25)16-12-10-15(11-13-16)21(22)23/h5-13H,1,14H2,2-4H3. The van der Waals surface area contributed by atoms with Gasteiger partial charge in [-0.1, -0.05) is 45.0 Å². The number of hydrogen-bond donors (Lipinski definition) is 0. The van der Waals surface area contributed by atoms with E-state index in [1.807, 2.05) is 32.9 Å². The fourth-order valence-electron chi connectivity index (χ4n) is 2.64. The Morgan fingerprint density at radius 2 is 1.69 bits per heavy atom. The highest BCUT2D eigenvalue weighted by Gasteiger charge is 2.29. The molecule has 138 valence electrons. The molecule has 0 fully saturated rings. The van der Waals surface area contributed by atoms with Gasteiger partial charge in [0.1, 0.15) is 0 Å². The first-order chi connectivity index (χ1) is 12.1. The maximum Gasteiger partial charge on any atom is 0.269 e. The number of anilines is 1. The predicted molar refractivity (Wildman–Crippen MR) is 103 cm³/mol. The Labute approximate surface area is 154 Å². The molecule has 0 bridgehead atoms. The summed E-state index contributed by atoms with van der Waals surface area (Å²) in [7, 11) is -3.90. The number of non-ortho nitro benzene ring substituents is 1. The Hall–Kier alpha value is -2.67. The van der Waals surface area contributed by atoms with Crippen molar-refractivity contribution in [1.29, 1.82) is 0 Å². The van der Waals surface area contributed by atoms with Crippen molar-refractivity contribution in [2.75, 3.05) is 10.8 Å². The van der Waals surface area contributed by atoms with Crippen LogP contribution in [0.5, 0.6) is 0 Å². The van der Waals surface area contributed by atoms with Gasteiger partial charge in [0.05, 0.1) is 22.1 Å². The van der Waals surface area contributed by atoms with Gasteiger partial charge in [-0.15, -0.1) is 6.58 Å². The molecule has 2 rings (SSSR count). The van der Waals surface area contributed by atoms with Gasteiger partial charge in [0.2, 0.25) is 0 Å². The van der Waals surface area contributed by atoms with E-state index in [1.54, 1.807) is 12.1 Å². The van der Waals surface area contributed by atoms with Crippen molar-refractivity contribution < 1.29 is 13.3 Å². The van der Waals surface area contributed by atoms with Crippen LogP contribution in [0.2, 0.25) is 0 Å². The first-order valence-electron chi connectivity index (χ1n) is 8.06. The van der Waals surface area contributed by atoms with Crippen LogP contribution in [0.15, 0.2) is 66.1 Å². The number of rotatable bonds is 6. The molecule has 0 aliphatic heterocycles. The second-order valence-corrected chi connectivity index (χ2v) is 8.71. The van der Waals surface area contributed by atoms with Gasteiger partial charge in [-0.25, -0.2) is 8.42 Å². The summed E-state index contributed by atoms with van der Waals surface area (Å²) in [5.41, 5.74) is 1.03. The van der Waals surface area contributed by atoms with Crippen LogP contribution in [0.25, 0.3) is 0 Å². The maximum absolute atomic E-state index is 13.2. The fraction of sp³-hybridized carbons (Fsp3) is 0.263. The van der Waals surface area contributed by atoms with Crippen LogP contribution in [0.3, 0.4) is 0 Å². The molecule has 0 radical (unpaired) electrons. The maximum atomic E-state index is 13.2. The summed E-state index contributed by atoms with van der Waals surface area (Å²) in [6.07, 6.45) is 1.52. The minimum Gasteiger partial charge on any atom is -0.262 e. The second kappa shape index (κ2) is 7.29. The van der Waals surface area contributed by atoms with Crippen molar-refractivity contribution in [2.24, 2.45) is 0 Å². The Morgan fingerprint density at radius 1 is 1.12 bits per heavy atom. The number of sulfonamides is 1. The summed E-state index contributed by atoms with van der Waals surface area (Å²) >= 11 is 0. The van der Waals surface area contributed by atoms with Gasteiger partial charge in [-0.3, -0.25) is 14.4 Å². The van der Waals surface area contributed by atoms with Gasteiger partial charge in [-0.2, -0.15) is 0 Å². The highest BCUT2D eigenvalue weighted by atomic mass is 32.2. The number of nitro groups is 1. The van der Waals surface area contributed by atoms with E-state index in [9.17, 15) is 18.5 Å².